The highest BCUT2D eigenvalue weighted by atomic mass is 16.5. The van der Waals surface area contributed by atoms with Gasteiger partial charge in [0.2, 0.25) is 5.91 Å². The first kappa shape index (κ1) is 16.3. The summed E-state index contributed by atoms with van der Waals surface area (Å²) in [5.41, 5.74) is 0. The maximum absolute atomic E-state index is 12.0. The topological polar surface area (TPSA) is 66.8 Å². The number of unbranched alkanes of at least 4 members (excludes halogenated alkanes) is 1. The minimum absolute atomic E-state index is 0.128. The second-order valence-electron chi connectivity index (χ2n) is 5.61. The molecule has 0 radical (unpaired) electrons. The largest absolute Gasteiger partial charge is 0.490 e. The summed E-state index contributed by atoms with van der Waals surface area (Å²) in [4.78, 5) is 24.3. The van der Waals surface area contributed by atoms with E-state index in [1.54, 1.807) is 0 Å². The van der Waals surface area contributed by atoms with Crippen LogP contribution in [-0.4, -0.2) is 41.1 Å². The van der Waals surface area contributed by atoms with Crippen LogP contribution in [0.1, 0.15) is 38.5 Å². The monoisotopic (exact) mass is 305 g/mol. The number of rotatable bonds is 7. The number of carboxylic acid groups (broad SMARTS) is 1. The lowest BCUT2D eigenvalue weighted by atomic mass is 10.1. The SMILES string of the molecule is O=C(O)CCCCC(=O)N1CCC(Oc2ccccc2)CC1. The third-order valence-electron chi connectivity index (χ3n) is 3.87. The Labute approximate surface area is 130 Å². The number of hydrogen-bond acceptors (Lipinski definition) is 3. The molecule has 1 aromatic rings. The summed E-state index contributed by atoms with van der Waals surface area (Å²) in [5, 5.41) is 8.57. The van der Waals surface area contributed by atoms with Crippen molar-refractivity contribution in [3.63, 3.8) is 0 Å². The third-order valence-corrected chi connectivity index (χ3v) is 3.87. The van der Waals surface area contributed by atoms with Gasteiger partial charge in [0, 0.05) is 38.8 Å². The Kier molecular flexibility index (Phi) is 6.25. The van der Waals surface area contributed by atoms with Gasteiger partial charge in [-0.25, -0.2) is 0 Å². The van der Waals surface area contributed by atoms with Crippen LogP contribution >= 0.6 is 0 Å². The zero-order valence-corrected chi connectivity index (χ0v) is 12.7. The average Bonchev–Trinajstić information content (AvgIpc) is 2.53. The third kappa shape index (κ3) is 5.39. The molecule has 1 aliphatic heterocycles. The van der Waals surface area contributed by atoms with Crippen molar-refractivity contribution < 1.29 is 19.4 Å². The van der Waals surface area contributed by atoms with E-state index < -0.39 is 5.97 Å². The number of piperidine rings is 1. The molecule has 2 rings (SSSR count). The molecule has 22 heavy (non-hydrogen) atoms. The molecule has 0 aliphatic carbocycles. The van der Waals surface area contributed by atoms with Crippen LogP contribution in [0.3, 0.4) is 0 Å². The van der Waals surface area contributed by atoms with E-state index >= 15 is 0 Å². The zero-order valence-electron chi connectivity index (χ0n) is 12.7. The van der Waals surface area contributed by atoms with Crippen LogP contribution < -0.4 is 4.74 Å². The number of likely N-dealkylation sites (tertiary alicyclic amines) is 1. The molecule has 0 atom stereocenters. The van der Waals surface area contributed by atoms with Crippen molar-refractivity contribution in [2.45, 2.75) is 44.6 Å². The molecule has 1 amide bonds. The van der Waals surface area contributed by atoms with Crippen molar-refractivity contribution in [3.05, 3.63) is 30.3 Å². The fourth-order valence-electron chi connectivity index (χ4n) is 2.63. The van der Waals surface area contributed by atoms with Crippen molar-refractivity contribution in [2.75, 3.05) is 13.1 Å². The lowest BCUT2D eigenvalue weighted by molar-refractivity contribution is -0.138. The molecule has 0 spiro atoms. The number of benzene rings is 1. The molecule has 1 heterocycles. The molecule has 0 bridgehead atoms. The molecule has 1 fully saturated rings. The number of carbonyl (C=O) groups excluding carboxylic acids is 1. The fraction of sp³-hybridized carbons (Fsp3) is 0.529. The van der Waals surface area contributed by atoms with E-state index in [9.17, 15) is 9.59 Å². The molecule has 120 valence electrons. The molecule has 1 aromatic carbocycles. The number of carbonyl (C=O) groups is 2. The summed E-state index contributed by atoms with van der Waals surface area (Å²) >= 11 is 0. The predicted octanol–water partition coefficient (Wildman–Crippen LogP) is 2.70. The Hall–Kier alpha value is -2.04. The number of ether oxygens (including phenoxy) is 1. The standard InChI is InChI=1S/C17H23NO4/c19-16(8-4-5-9-17(20)21)18-12-10-15(11-13-18)22-14-6-2-1-3-7-14/h1-3,6-7,15H,4-5,8-13H2,(H,20,21). The van der Waals surface area contributed by atoms with Crippen LogP contribution in [0.2, 0.25) is 0 Å². The highest BCUT2D eigenvalue weighted by Crippen LogP contribution is 2.19. The summed E-state index contributed by atoms with van der Waals surface area (Å²) in [6, 6.07) is 9.74. The van der Waals surface area contributed by atoms with Gasteiger partial charge in [0.1, 0.15) is 11.9 Å². The highest BCUT2D eigenvalue weighted by molar-refractivity contribution is 5.76. The summed E-state index contributed by atoms with van der Waals surface area (Å²) in [6.07, 6.45) is 3.64. The number of aliphatic carboxylic acids is 1. The van der Waals surface area contributed by atoms with E-state index in [1.807, 2.05) is 35.2 Å². The van der Waals surface area contributed by atoms with Crippen LogP contribution in [0.5, 0.6) is 5.75 Å². The van der Waals surface area contributed by atoms with Crippen LogP contribution in [0, 0.1) is 0 Å². The summed E-state index contributed by atoms with van der Waals surface area (Å²) in [5.74, 6) is 0.204. The first-order valence-corrected chi connectivity index (χ1v) is 7.86. The molecule has 0 unspecified atom stereocenters. The molecule has 0 aromatic heterocycles. The van der Waals surface area contributed by atoms with Crippen LogP contribution in [-0.2, 0) is 9.59 Å². The highest BCUT2D eigenvalue weighted by Gasteiger charge is 2.23. The Morgan fingerprint density at radius 1 is 1.09 bits per heavy atom. The Morgan fingerprint density at radius 3 is 2.36 bits per heavy atom. The van der Waals surface area contributed by atoms with Gasteiger partial charge in [0.15, 0.2) is 0 Å². The molecular weight excluding hydrogens is 282 g/mol. The van der Waals surface area contributed by atoms with Gasteiger partial charge in [0.05, 0.1) is 0 Å². The molecule has 5 heteroatoms. The van der Waals surface area contributed by atoms with E-state index in [1.165, 1.54) is 0 Å². The van der Waals surface area contributed by atoms with Gasteiger partial charge >= 0.3 is 5.97 Å². The lowest BCUT2D eigenvalue weighted by Crippen LogP contribution is -2.41. The fourth-order valence-corrected chi connectivity index (χ4v) is 2.63. The van der Waals surface area contributed by atoms with Crippen LogP contribution in [0.4, 0.5) is 0 Å². The second-order valence-corrected chi connectivity index (χ2v) is 5.61. The van der Waals surface area contributed by atoms with Crippen molar-refractivity contribution in [1.29, 1.82) is 0 Å². The number of carboxylic acids is 1. The first-order valence-electron chi connectivity index (χ1n) is 7.86. The number of nitrogens with zero attached hydrogens (tertiary/aromatic N) is 1. The summed E-state index contributed by atoms with van der Waals surface area (Å²) in [7, 11) is 0. The molecule has 0 saturated carbocycles. The smallest absolute Gasteiger partial charge is 0.303 e. The second kappa shape index (κ2) is 8.41. The van der Waals surface area contributed by atoms with E-state index in [0.717, 1.165) is 31.7 Å². The van der Waals surface area contributed by atoms with E-state index in [-0.39, 0.29) is 18.4 Å². The van der Waals surface area contributed by atoms with Gasteiger partial charge in [-0.15, -0.1) is 0 Å². The minimum Gasteiger partial charge on any atom is -0.490 e. The number of amides is 1. The molecular formula is C17H23NO4. The summed E-state index contributed by atoms with van der Waals surface area (Å²) < 4.78 is 5.91. The normalized spacial score (nSPS) is 15.5. The van der Waals surface area contributed by atoms with Crippen molar-refractivity contribution >= 4 is 11.9 Å². The number of para-hydroxylation sites is 1. The number of hydrogen-bond donors (Lipinski definition) is 1. The van der Waals surface area contributed by atoms with Gasteiger partial charge in [-0.3, -0.25) is 9.59 Å². The molecule has 1 aliphatic rings. The maximum Gasteiger partial charge on any atom is 0.303 e. The predicted molar refractivity (Wildman–Crippen MR) is 82.8 cm³/mol. The van der Waals surface area contributed by atoms with Gasteiger partial charge in [0.25, 0.3) is 0 Å². The Morgan fingerprint density at radius 2 is 1.73 bits per heavy atom. The summed E-state index contributed by atoms with van der Waals surface area (Å²) in [6.45, 7) is 1.44. The zero-order chi connectivity index (χ0) is 15.8. The van der Waals surface area contributed by atoms with E-state index in [0.29, 0.717) is 19.3 Å². The van der Waals surface area contributed by atoms with Gasteiger partial charge < -0.3 is 14.7 Å². The van der Waals surface area contributed by atoms with Crippen LogP contribution in [0.25, 0.3) is 0 Å². The van der Waals surface area contributed by atoms with E-state index in [2.05, 4.69) is 0 Å². The molecule has 1 saturated heterocycles. The molecule has 1 N–H and O–H groups in total. The van der Waals surface area contributed by atoms with Gasteiger partial charge in [-0.05, 0) is 25.0 Å². The molecule has 5 nitrogen and oxygen atoms in total. The van der Waals surface area contributed by atoms with E-state index in [4.69, 9.17) is 9.84 Å². The van der Waals surface area contributed by atoms with Crippen molar-refractivity contribution in [2.24, 2.45) is 0 Å². The lowest BCUT2D eigenvalue weighted by Gasteiger charge is -2.32. The Bertz CT molecular complexity index is 481. The average molecular weight is 305 g/mol. The quantitative estimate of drug-likeness (QED) is 0.787. The van der Waals surface area contributed by atoms with Crippen LogP contribution in [0.15, 0.2) is 30.3 Å². The van der Waals surface area contributed by atoms with Crippen molar-refractivity contribution in [1.82, 2.24) is 4.90 Å². The first-order chi connectivity index (χ1) is 10.6. The van der Waals surface area contributed by atoms with Gasteiger partial charge in [-0.2, -0.15) is 0 Å². The van der Waals surface area contributed by atoms with Crippen molar-refractivity contribution in [3.8, 4) is 5.75 Å². The maximum atomic E-state index is 12.0. The van der Waals surface area contributed by atoms with Gasteiger partial charge in [-0.1, -0.05) is 18.2 Å². The Balaban J connectivity index is 1.66. The minimum atomic E-state index is -0.800.